The summed E-state index contributed by atoms with van der Waals surface area (Å²) in [6.45, 7) is 5.20. The number of esters is 1. The maximum Gasteiger partial charge on any atom is 0.354 e. The van der Waals surface area contributed by atoms with Gasteiger partial charge in [0.25, 0.3) is 5.91 Å². The predicted octanol–water partition coefficient (Wildman–Crippen LogP) is 1.53. The second-order valence-corrected chi connectivity index (χ2v) is 5.96. The maximum atomic E-state index is 12.0. The lowest BCUT2D eigenvalue weighted by Gasteiger charge is -2.16. The second kappa shape index (κ2) is 7.53. The number of ether oxygens (including phenoxy) is 1. The van der Waals surface area contributed by atoms with Crippen molar-refractivity contribution in [1.82, 2.24) is 5.43 Å². The summed E-state index contributed by atoms with van der Waals surface area (Å²) in [6.07, 6.45) is -0.224. The molecule has 0 aromatic heterocycles. The number of amides is 1. The van der Waals surface area contributed by atoms with E-state index in [9.17, 15) is 14.4 Å². The molecule has 1 rings (SSSR count). The second-order valence-electron chi connectivity index (χ2n) is 5.96. The van der Waals surface area contributed by atoms with Crippen LogP contribution in [0.5, 0.6) is 0 Å². The first-order valence-corrected chi connectivity index (χ1v) is 6.99. The minimum Gasteiger partial charge on any atom is -0.464 e. The van der Waals surface area contributed by atoms with Gasteiger partial charge < -0.3 is 10.5 Å². The number of anilines is 1. The summed E-state index contributed by atoms with van der Waals surface area (Å²) < 4.78 is 4.59. The first-order chi connectivity index (χ1) is 10.6. The quantitative estimate of drug-likeness (QED) is 0.370. The van der Waals surface area contributed by atoms with Crippen LogP contribution in [-0.4, -0.2) is 30.5 Å². The Morgan fingerprint density at radius 2 is 1.74 bits per heavy atom. The van der Waals surface area contributed by atoms with E-state index >= 15 is 0 Å². The van der Waals surface area contributed by atoms with Crippen molar-refractivity contribution < 1.29 is 19.1 Å². The molecule has 0 saturated heterocycles. The molecular weight excluding hydrogens is 298 g/mol. The average molecular weight is 319 g/mol. The highest BCUT2D eigenvalue weighted by Crippen LogP contribution is 2.17. The number of nitrogen functional groups attached to an aromatic ring is 1. The number of nitrogens with two attached hydrogens (primary N) is 1. The van der Waals surface area contributed by atoms with Crippen LogP contribution in [0.2, 0.25) is 0 Å². The van der Waals surface area contributed by atoms with Gasteiger partial charge in [0, 0.05) is 16.7 Å². The average Bonchev–Trinajstić information content (AvgIpc) is 2.49. The van der Waals surface area contributed by atoms with Gasteiger partial charge in [-0.2, -0.15) is 5.10 Å². The first kappa shape index (κ1) is 18.3. The van der Waals surface area contributed by atoms with Crippen molar-refractivity contribution in [1.29, 1.82) is 0 Å². The fraction of sp³-hybridized carbons (Fsp3) is 0.375. The van der Waals surface area contributed by atoms with Gasteiger partial charge in [-0.3, -0.25) is 9.59 Å². The number of hydrogen-bond donors (Lipinski definition) is 2. The van der Waals surface area contributed by atoms with Crippen LogP contribution in [0.15, 0.2) is 29.4 Å². The van der Waals surface area contributed by atoms with Crippen molar-refractivity contribution in [2.45, 2.75) is 27.2 Å². The minimum absolute atomic E-state index is 0.156. The molecule has 124 valence electrons. The lowest BCUT2D eigenvalue weighted by molar-refractivity contribution is -0.134. The highest BCUT2D eigenvalue weighted by atomic mass is 16.5. The fourth-order valence-electron chi connectivity index (χ4n) is 1.51. The van der Waals surface area contributed by atoms with Gasteiger partial charge in [-0.1, -0.05) is 20.8 Å². The molecule has 7 nitrogen and oxygen atoms in total. The number of methoxy groups -OCH3 is 1. The van der Waals surface area contributed by atoms with Crippen molar-refractivity contribution in [3.63, 3.8) is 0 Å². The molecule has 1 aromatic carbocycles. The number of nitrogens with one attached hydrogen (secondary N) is 1. The molecule has 3 N–H and O–H groups in total. The third kappa shape index (κ3) is 5.54. The molecule has 0 spiro atoms. The summed E-state index contributed by atoms with van der Waals surface area (Å²) in [5, 5.41) is 3.74. The van der Waals surface area contributed by atoms with E-state index in [2.05, 4.69) is 15.3 Å². The lowest BCUT2D eigenvalue weighted by Crippen LogP contribution is -2.30. The van der Waals surface area contributed by atoms with E-state index in [1.165, 1.54) is 19.2 Å². The van der Waals surface area contributed by atoms with E-state index < -0.39 is 17.3 Å². The van der Waals surface area contributed by atoms with Crippen LogP contribution >= 0.6 is 0 Å². The molecule has 0 radical (unpaired) electrons. The van der Waals surface area contributed by atoms with Gasteiger partial charge in [0.2, 0.25) is 0 Å². The summed E-state index contributed by atoms with van der Waals surface area (Å²) in [7, 11) is 1.18. The molecule has 0 unspecified atom stereocenters. The summed E-state index contributed by atoms with van der Waals surface area (Å²) in [6, 6.07) is 6.20. The molecule has 0 heterocycles. The molecule has 1 aromatic rings. The number of ketones is 1. The molecule has 0 bridgehead atoms. The van der Waals surface area contributed by atoms with E-state index in [-0.39, 0.29) is 17.9 Å². The third-order valence-corrected chi connectivity index (χ3v) is 3.05. The lowest BCUT2D eigenvalue weighted by atomic mass is 9.88. The fourth-order valence-corrected chi connectivity index (χ4v) is 1.51. The predicted molar refractivity (Wildman–Crippen MR) is 86.9 cm³/mol. The summed E-state index contributed by atoms with van der Waals surface area (Å²) in [5.41, 5.74) is 7.86. The van der Waals surface area contributed by atoms with Crippen molar-refractivity contribution >= 4 is 29.1 Å². The molecule has 0 atom stereocenters. The maximum absolute atomic E-state index is 12.0. The smallest absolute Gasteiger partial charge is 0.354 e. The topological polar surface area (TPSA) is 111 Å². The van der Waals surface area contributed by atoms with Gasteiger partial charge in [0.1, 0.15) is 5.78 Å². The van der Waals surface area contributed by atoms with Crippen LogP contribution in [0.3, 0.4) is 0 Å². The normalized spacial score (nSPS) is 11.7. The standard InChI is InChI=1S/C16H21N3O4/c1-16(2,3)13(20)9-12(15(22)23-4)18-19-14(21)10-5-7-11(17)8-6-10/h5-8H,9,17H2,1-4H3,(H,19,21). The van der Waals surface area contributed by atoms with E-state index in [1.54, 1.807) is 32.9 Å². The number of nitrogens with zero attached hydrogens (tertiary/aromatic N) is 1. The molecule has 0 aliphatic carbocycles. The highest BCUT2D eigenvalue weighted by molar-refractivity contribution is 6.40. The van der Waals surface area contributed by atoms with E-state index in [1.807, 2.05) is 0 Å². The number of carbonyl (C=O) groups excluding carboxylic acids is 3. The molecular formula is C16H21N3O4. The number of Topliss-reactive ketones (excluding diaryl/α,β-unsaturated/α-hetero) is 1. The van der Waals surface area contributed by atoms with Crippen LogP contribution in [0.4, 0.5) is 5.69 Å². The third-order valence-electron chi connectivity index (χ3n) is 3.05. The summed E-state index contributed by atoms with van der Waals surface area (Å²) in [4.78, 5) is 35.7. The van der Waals surface area contributed by atoms with Gasteiger partial charge in [-0.15, -0.1) is 0 Å². The van der Waals surface area contributed by atoms with Crippen molar-refractivity contribution in [3.05, 3.63) is 29.8 Å². The van der Waals surface area contributed by atoms with Gasteiger partial charge >= 0.3 is 5.97 Å². The minimum atomic E-state index is -0.764. The van der Waals surface area contributed by atoms with Gasteiger partial charge in [0.05, 0.1) is 13.5 Å². The Morgan fingerprint density at radius 1 is 1.17 bits per heavy atom. The Kier molecular flexibility index (Phi) is 6.01. The summed E-state index contributed by atoms with van der Waals surface area (Å²) in [5.74, 6) is -1.47. The van der Waals surface area contributed by atoms with Crippen LogP contribution in [-0.2, 0) is 14.3 Å². The Labute approximate surface area is 134 Å². The molecule has 23 heavy (non-hydrogen) atoms. The first-order valence-electron chi connectivity index (χ1n) is 6.99. The summed E-state index contributed by atoms with van der Waals surface area (Å²) >= 11 is 0. The van der Waals surface area contributed by atoms with E-state index in [4.69, 9.17) is 5.73 Å². The number of hydrazone groups is 1. The van der Waals surface area contributed by atoms with Crippen LogP contribution in [0.25, 0.3) is 0 Å². The zero-order valence-corrected chi connectivity index (χ0v) is 13.7. The molecule has 0 fully saturated rings. The monoisotopic (exact) mass is 319 g/mol. The Balaban J connectivity index is 2.88. The number of hydrogen-bond acceptors (Lipinski definition) is 6. The van der Waals surface area contributed by atoms with Gasteiger partial charge in [-0.05, 0) is 24.3 Å². The van der Waals surface area contributed by atoms with Crippen molar-refractivity contribution in [2.75, 3.05) is 12.8 Å². The van der Waals surface area contributed by atoms with Crippen molar-refractivity contribution in [2.24, 2.45) is 10.5 Å². The number of carbonyl (C=O) groups is 3. The van der Waals surface area contributed by atoms with Crippen LogP contribution in [0.1, 0.15) is 37.6 Å². The van der Waals surface area contributed by atoms with Crippen LogP contribution in [0, 0.1) is 5.41 Å². The Hall–Kier alpha value is -2.70. The van der Waals surface area contributed by atoms with Crippen LogP contribution < -0.4 is 11.2 Å². The SMILES string of the molecule is COC(=O)C(CC(=O)C(C)(C)C)=NNC(=O)c1ccc(N)cc1. The molecule has 0 aliphatic rings. The molecule has 7 heteroatoms. The van der Waals surface area contributed by atoms with E-state index in [0.29, 0.717) is 11.3 Å². The highest BCUT2D eigenvalue weighted by Gasteiger charge is 2.26. The Bertz CT molecular complexity index is 628. The zero-order valence-electron chi connectivity index (χ0n) is 13.7. The Morgan fingerprint density at radius 3 is 2.22 bits per heavy atom. The number of rotatable bonds is 5. The molecule has 1 amide bonds. The van der Waals surface area contributed by atoms with Gasteiger partial charge in [0.15, 0.2) is 5.71 Å². The van der Waals surface area contributed by atoms with Crippen molar-refractivity contribution in [3.8, 4) is 0 Å². The zero-order chi connectivity index (χ0) is 17.6. The van der Waals surface area contributed by atoms with E-state index in [0.717, 1.165) is 0 Å². The van der Waals surface area contributed by atoms with Gasteiger partial charge in [-0.25, -0.2) is 10.2 Å². The largest absolute Gasteiger partial charge is 0.464 e. The molecule has 0 saturated carbocycles. The molecule has 0 aliphatic heterocycles. The number of benzene rings is 1.